The van der Waals surface area contributed by atoms with Crippen molar-refractivity contribution in [1.29, 1.82) is 0 Å². The lowest BCUT2D eigenvalue weighted by Crippen LogP contribution is -2.45. The molecule has 2 heterocycles. The predicted octanol–water partition coefficient (Wildman–Crippen LogP) is 4.41. The smallest absolute Gasteiger partial charge is 0.0697 e. The predicted molar refractivity (Wildman–Crippen MR) is 102 cm³/mol. The van der Waals surface area contributed by atoms with E-state index in [4.69, 9.17) is 0 Å². The van der Waals surface area contributed by atoms with E-state index < -0.39 is 0 Å². The molecule has 4 rings (SSSR count). The number of hydrogen-bond acceptors (Lipinski definition) is 3. The number of nitrogens with one attached hydrogen (secondary N) is 1. The van der Waals surface area contributed by atoms with Crippen LogP contribution in [0.25, 0.3) is 11.1 Å². The van der Waals surface area contributed by atoms with Crippen LogP contribution in [0, 0.1) is 0 Å². The zero-order valence-corrected chi connectivity index (χ0v) is 14.5. The van der Waals surface area contributed by atoms with E-state index in [2.05, 4.69) is 82.3 Å². The molecule has 0 bridgehead atoms. The number of benzene rings is 2. The van der Waals surface area contributed by atoms with Crippen molar-refractivity contribution in [2.24, 2.45) is 0 Å². The number of piperazine rings is 1. The second kappa shape index (κ2) is 7.31. The minimum atomic E-state index is 0.357. The van der Waals surface area contributed by atoms with E-state index in [9.17, 15) is 0 Å². The number of nitrogens with zero attached hydrogens (tertiary/aromatic N) is 1. The summed E-state index contributed by atoms with van der Waals surface area (Å²) in [7, 11) is 0. The van der Waals surface area contributed by atoms with Gasteiger partial charge in [0.2, 0.25) is 0 Å². The molecule has 1 aromatic heterocycles. The fourth-order valence-corrected chi connectivity index (χ4v) is 4.35. The molecule has 3 heteroatoms. The molecule has 122 valence electrons. The molecular formula is C21H22N2S. The first-order chi connectivity index (χ1) is 11.9. The Labute approximate surface area is 147 Å². The van der Waals surface area contributed by atoms with Crippen molar-refractivity contribution in [3.05, 3.63) is 82.6 Å². The molecule has 2 aromatic carbocycles. The van der Waals surface area contributed by atoms with Gasteiger partial charge in [-0.25, -0.2) is 0 Å². The van der Waals surface area contributed by atoms with Gasteiger partial charge in [-0.05, 0) is 34.2 Å². The van der Waals surface area contributed by atoms with Crippen molar-refractivity contribution < 1.29 is 0 Å². The summed E-state index contributed by atoms with van der Waals surface area (Å²) in [6, 6.07) is 24.5. The van der Waals surface area contributed by atoms with Crippen molar-refractivity contribution in [2.45, 2.75) is 6.04 Å². The maximum absolute atomic E-state index is 3.47. The van der Waals surface area contributed by atoms with E-state index in [0.717, 1.165) is 26.2 Å². The molecule has 0 unspecified atom stereocenters. The second-order valence-corrected chi connectivity index (χ2v) is 7.17. The quantitative estimate of drug-likeness (QED) is 0.760. The maximum atomic E-state index is 3.47. The lowest BCUT2D eigenvalue weighted by atomic mass is 9.97. The van der Waals surface area contributed by atoms with Crippen molar-refractivity contribution >= 4 is 11.3 Å². The zero-order chi connectivity index (χ0) is 16.2. The van der Waals surface area contributed by atoms with Crippen LogP contribution in [0.2, 0.25) is 0 Å². The molecule has 1 atom stereocenters. The Bertz CT molecular complexity index is 762. The maximum Gasteiger partial charge on any atom is 0.0697 e. The lowest BCUT2D eigenvalue weighted by molar-refractivity contribution is 0.200. The molecule has 0 spiro atoms. The summed E-state index contributed by atoms with van der Waals surface area (Å²) in [5.74, 6) is 0. The minimum Gasteiger partial charge on any atom is -0.314 e. The van der Waals surface area contributed by atoms with Crippen molar-refractivity contribution in [3.8, 4) is 11.1 Å². The minimum absolute atomic E-state index is 0.357. The Hall–Kier alpha value is -1.94. The molecule has 2 nitrogen and oxygen atoms in total. The first kappa shape index (κ1) is 15.6. The van der Waals surface area contributed by atoms with E-state index in [1.54, 1.807) is 0 Å². The zero-order valence-electron chi connectivity index (χ0n) is 13.7. The molecular weight excluding hydrogens is 312 g/mol. The van der Waals surface area contributed by atoms with Crippen molar-refractivity contribution in [2.75, 3.05) is 26.2 Å². The Morgan fingerprint density at radius 3 is 2.38 bits per heavy atom. The molecule has 0 amide bonds. The van der Waals surface area contributed by atoms with Crippen LogP contribution in [0.15, 0.2) is 72.1 Å². The lowest BCUT2D eigenvalue weighted by Gasteiger charge is -2.35. The molecule has 1 fully saturated rings. The first-order valence-corrected chi connectivity index (χ1v) is 9.43. The highest BCUT2D eigenvalue weighted by Crippen LogP contribution is 2.34. The fourth-order valence-electron chi connectivity index (χ4n) is 3.46. The molecule has 0 radical (unpaired) electrons. The first-order valence-electron chi connectivity index (χ1n) is 8.55. The molecule has 0 aliphatic carbocycles. The van der Waals surface area contributed by atoms with E-state index in [1.165, 1.54) is 21.6 Å². The van der Waals surface area contributed by atoms with E-state index in [1.807, 2.05) is 11.3 Å². The van der Waals surface area contributed by atoms with E-state index >= 15 is 0 Å². The Balaban J connectivity index is 1.73. The second-order valence-electron chi connectivity index (χ2n) is 6.20. The van der Waals surface area contributed by atoms with Crippen molar-refractivity contribution in [1.82, 2.24) is 10.2 Å². The Morgan fingerprint density at radius 2 is 1.62 bits per heavy atom. The SMILES string of the molecule is c1ccc(-c2cccc([C@@H](c3cccs3)N3CCNCC3)c2)cc1. The van der Waals surface area contributed by atoms with Gasteiger partial charge in [-0.3, -0.25) is 4.90 Å². The summed E-state index contributed by atoms with van der Waals surface area (Å²) in [6.45, 7) is 4.33. The Morgan fingerprint density at radius 1 is 0.833 bits per heavy atom. The number of thiophene rings is 1. The van der Waals surface area contributed by atoms with Gasteiger partial charge in [-0.2, -0.15) is 0 Å². The number of rotatable bonds is 4. The molecule has 24 heavy (non-hydrogen) atoms. The third-order valence-electron chi connectivity index (χ3n) is 4.64. The van der Waals surface area contributed by atoms with Crippen LogP contribution in [-0.4, -0.2) is 31.1 Å². The van der Waals surface area contributed by atoms with Gasteiger partial charge in [0.1, 0.15) is 0 Å². The molecule has 1 aliphatic heterocycles. The van der Waals surface area contributed by atoms with E-state index in [0.29, 0.717) is 6.04 Å². The summed E-state index contributed by atoms with van der Waals surface area (Å²) < 4.78 is 0. The average Bonchev–Trinajstić information content (AvgIpc) is 3.18. The summed E-state index contributed by atoms with van der Waals surface area (Å²) in [5.41, 5.74) is 3.97. The van der Waals surface area contributed by atoms with Gasteiger partial charge in [0.25, 0.3) is 0 Å². The van der Waals surface area contributed by atoms with Gasteiger partial charge in [-0.1, -0.05) is 54.6 Å². The highest BCUT2D eigenvalue weighted by molar-refractivity contribution is 7.10. The molecule has 1 aliphatic rings. The van der Waals surface area contributed by atoms with Crippen LogP contribution in [-0.2, 0) is 0 Å². The van der Waals surface area contributed by atoms with Crippen LogP contribution in [0.1, 0.15) is 16.5 Å². The van der Waals surface area contributed by atoms with Crippen LogP contribution in [0.3, 0.4) is 0 Å². The third kappa shape index (κ3) is 3.29. The van der Waals surface area contributed by atoms with Crippen molar-refractivity contribution in [3.63, 3.8) is 0 Å². The van der Waals surface area contributed by atoms with Gasteiger partial charge in [0.05, 0.1) is 6.04 Å². The molecule has 1 saturated heterocycles. The summed E-state index contributed by atoms with van der Waals surface area (Å²) in [4.78, 5) is 4.04. The third-order valence-corrected chi connectivity index (χ3v) is 5.56. The van der Waals surface area contributed by atoms with Gasteiger partial charge in [-0.15, -0.1) is 11.3 Å². The van der Waals surface area contributed by atoms with Gasteiger partial charge in [0, 0.05) is 31.1 Å². The monoisotopic (exact) mass is 334 g/mol. The topological polar surface area (TPSA) is 15.3 Å². The van der Waals surface area contributed by atoms with Crippen LogP contribution in [0.5, 0.6) is 0 Å². The largest absolute Gasteiger partial charge is 0.314 e. The molecule has 3 aromatic rings. The van der Waals surface area contributed by atoms with Gasteiger partial charge in [0.15, 0.2) is 0 Å². The van der Waals surface area contributed by atoms with Crippen LogP contribution in [0.4, 0.5) is 0 Å². The molecule has 1 N–H and O–H groups in total. The standard InChI is InChI=1S/C21H22N2S/c1-2-6-17(7-3-1)18-8-4-9-19(16-18)21(20-10-5-15-24-20)23-13-11-22-12-14-23/h1-10,15-16,21-22H,11-14H2/t21-/m0/s1. The van der Waals surface area contributed by atoms with Gasteiger partial charge < -0.3 is 5.32 Å². The highest BCUT2D eigenvalue weighted by Gasteiger charge is 2.24. The summed E-state index contributed by atoms with van der Waals surface area (Å²) in [6.07, 6.45) is 0. The average molecular weight is 334 g/mol. The Kier molecular flexibility index (Phi) is 4.74. The van der Waals surface area contributed by atoms with Crippen LogP contribution < -0.4 is 5.32 Å². The number of hydrogen-bond donors (Lipinski definition) is 1. The summed E-state index contributed by atoms with van der Waals surface area (Å²) in [5, 5.41) is 5.65. The fraction of sp³-hybridized carbons (Fsp3) is 0.238. The highest BCUT2D eigenvalue weighted by atomic mass is 32.1. The molecule has 0 saturated carbocycles. The van der Waals surface area contributed by atoms with Crippen LogP contribution >= 0.6 is 11.3 Å². The van der Waals surface area contributed by atoms with E-state index in [-0.39, 0.29) is 0 Å². The normalized spacial score (nSPS) is 16.8. The van der Waals surface area contributed by atoms with Gasteiger partial charge >= 0.3 is 0 Å². The summed E-state index contributed by atoms with van der Waals surface area (Å²) >= 11 is 1.86.